The van der Waals surface area contributed by atoms with Gasteiger partial charge in [0.2, 0.25) is 0 Å². The quantitative estimate of drug-likeness (QED) is 0.622. The van der Waals surface area contributed by atoms with Crippen molar-refractivity contribution < 1.29 is 25.8 Å². The van der Waals surface area contributed by atoms with E-state index in [2.05, 4.69) is 11.8 Å². The molecule has 0 aromatic rings. The molecule has 1 nitrogen and oxygen atoms in total. The molecule has 0 heterocycles. The normalized spacial score (nSPS) is 6.00. The molecule has 0 amide bonds. The molecule has 0 rings (SSSR count). The van der Waals surface area contributed by atoms with Crippen LogP contribution in [-0.2, 0) is 25.8 Å². The summed E-state index contributed by atoms with van der Waals surface area (Å²) in [5.41, 5.74) is 0. The maximum atomic E-state index is 4.17. The largest absolute Gasteiger partial charge is 2.00 e. The molecule has 0 N–H and O–H groups in total. The molecule has 0 saturated carbocycles. The van der Waals surface area contributed by atoms with Crippen LogP contribution in [-0.4, -0.2) is 0 Å². The van der Waals surface area contributed by atoms with Gasteiger partial charge in [0.15, 0.2) is 0 Å². The molecule has 0 aromatic heterocycles. The Morgan fingerprint density at radius 3 is 2.00 bits per heavy atom. The zero-order chi connectivity index (χ0) is 3.41. The Labute approximate surface area is 47.0 Å². The van der Waals surface area contributed by atoms with Crippen LogP contribution in [0.5, 0.6) is 0 Å². The van der Waals surface area contributed by atoms with Gasteiger partial charge in [-0.1, -0.05) is 0 Å². The average molecular weight is 242 g/mol. The van der Waals surface area contributed by atoms with Crippen molar-refractivity contribution in [1.29, 1.82) is 0 Å². The molecule has 5 heavy (non-hydrogen) atoms. The second kappa shape index (κ2) is 8.82. The van der Waals surface area contributed by atoms with Crippen LogP contribution >= 0.6 is 0 Å². The topological polar surface area (TPSA) is 9.23 Å². The number of hydrogen-bond acceptors (Lipinski definition) is 1. The van der Waals surface area contributed by atoms with E-state index in [1.165, 1.54) is 6.61 Å². The summed E-state index contributed by atoms with van der Waals surface area (Å²) in [5, 5.41) is 0. The minimum atomic E-state index is 0. The SMILES string of the molecule is [CH2-]O[CH-]C.[W+2]. The summed E-state index contributed by atoms with van der Waals surface area (Å²) in [4.78, 5) is 0. The zero-order valence-corrected chi connectivity index (χ0v) is 6.03. The van der Waals surface area contributed by atoms with E-state index in [0.717, 1.165) is 0 Å². The van der Waals surface area contributed by atoms with Gasteiger partial charge in [-0.25, -0.2) is 0 Å². The van der Waals surface area contributed by atoms with Crippen LogP contribution in [0.15, 0.2) is 0 Å². The second-order valence-corrected chi connectivity index (χ2v) is 0.402. The van der Waals surface area contributed by atoms with Crippen LogP contribution in [0.1, 0.15) is 6.92 Å². The maximum Gasteiger partial charge on any atom is 2.00 e. The molecule has 0 fully saturated rings. The van der Waals surface area contributed by atoms with E-state index >= 15 is 0 Å². The van der Waals surface area contributed by atoms with Crippen LogP contribution in [0.3, 0.4) is 0 Å². The van der Waals surface area contributed by atoms with E-state index in [0.29, 0.717) is 0 Å². The van der Waals surface area contributed by atoms with Crippen LogP contribution in [0.2, 0.25) is 0 Å². The van der Waals surface area contributed by atoms with Gasteiger partial charge in [-0.2, -0.15) is 6.92 Å². The number of hydrogen-bond donors (Lipinski definition) is 0. The van der Waals surface area contributed by atoms with E-state index in [-0.39, 0.29) is 21.1 Å². The third-order valence-electron chi connectivity index (χ3n) is 0.167. The Bertz CT molecular complexity index is 8.85. The van der Waals surface area contributed by atoms with E-state index in [4.69, 9.17) is 0 Å². The fraction of sp³-hybridized carbons (Fsp3) is 0.333. The first-order valence-electron chi connectivity index (χ1n) is 1.10. The molecule has 2 heteroatoms. The van der Waals surface area contributed by atoms with E-state index in [1.54, 1.807) is 6.92 Å². The van der Waals surface area contributed by atoms with Gasteiger partial charge < -0.3 is 4.74 Å². The average Bonchev–Trinajstić information content (AvgIpc) is 1.37. The first-order valence-corrected chi connectivity index (χ1v) is 1.10. The molecule has 0 radical (unpaired) electrons. The van der Waals surface area contributed by atoms with Gasteiger partial charge in [0.1, 0.15) is 0 Å². The Kier molecular flexibility index (Phi) is 16.2. The van der Waals surface area contributed by atoms with Crippen molar-refractivity contribution in [1.82, 2.24) is 0 Å². The summed E-state index contributed by atoms with van der Waals surface area (Å²) in [6, 6.07) is 0. The summed E-state index contributed by atoms with van der Waals surface area (Å²) in [5.74, 6) is 0. The molecule has 0 unspecified atom stereocenters. The number of rotatable bonds is 1. The molecule has 0 aliphatic rings. The third-order valence-corrected chi connectivity index (χ3v) is 0.167. The second-order valence-electron chi connectivity index (χ2n) is 0.402. The summed E-state index contributed by atoms with van der Waals surface area (Å²) in [7, 11) is 3.05. The predicted molar refractivity (Wildman–Crippen MR) is 16.4 cm³/mol. The summed E-state index contributed by atoms with van der Waals surface area (Å²) >= 11 is 0. The van der Waals surface area contributed by atoms with Crippen molar-refractivity contribution in [2.24, 2.45) is 0 Å². The van der Waals surface area contributed by atoms with Crippen LogP contribution < -0.4 is 0 Å². The van der Waals surface area contributed by atoms with Crippen molar-refractivity contribution in [2.45, 2.75) is 6.92 Å². The Hall–Kier alpha value is 0.648. The van der Waals surface area contributed by atoms with Crippen molar-refractivity contribution in [3.8, 4) is 0 Å². The van der Waals surface area contributed by atoms with Crippen molar-refractivity contribution in [2.75, 3.05) is 0 Å². The first-order chi connectivity index (χ1) is 1.91. The minimum absolute atomic E-state index is 0. The van der Waals surface area contributed by atoms with Crippen molar-refractivity contribution in [3.05, 3.63) is 13.7 Å². The molecule has 30 valence electrons. The molecule has 0 bridgehead atoms. The van der Waals surface area contributed by atoms with E-state index in [9.17, 15) is 0 Å². The molecule has 0 aromatic carbocycles. The first kappa shape index (κ1) is 9.17. The summed E-state index contributed by atoms with van der Waals surface area (Å²) in [6.45, 7) is 3.28. The van der Waals surface area contributed by atoms with Gasteiger partial charge in [0.05, 0.1) is 0 Å². The Morgan fingerprint density at radius 1 is 1.80 bits per heavy atom. The fourth-order valence-corrected chi connectivity index (χ4v) is 0. The van der Waals surface area contributed by atoms with Crippen LogP contribution in [0.4, 0.5) is 0 Å². The van der Waals surface area contributed by atoms with E-state index < -0.39 is 0 Å². The van der Waals surface area contributed by atoms with Gasteiger partial charge in [-0.05, 0) is 0 Å². The molecule has 0 aliphatic carbocycles. The van der Waals surface area contributed by atoms with Gasteiger partial charge >= 0.3 is 21.1 Å². The predicted octanol–water partition coefficient (Wildman–Crippen LogP) is 0.974. The fourth-order valence-electron chi connectivity index (χ4n) is 0. The third kappa shape index (κ3) is 12.0. The molecule has 0 spiro atoms. The minimum Gasteiger partial charge on any atom is -0.717 e. The van der Waals surface area contributed by atoms with E-state index in [1.807, 2.05) is 0 Å². The molecule has 0 saturated heterocycles. The molecule has 0 atom stereocenters. The number of ether oxygens (including phenoxy) is 1. The molecular weight excluding hydrogens is 236 g/mol. The maximum absolute atomic E-state index is 4.17. The zero-order valence-electron chi connectivity index (χ0n) is 3.10. The van der Waals surface area contributed by atoms with Crippen LogP contribution in [0, 0.1) is 13.7 Å². The Balaban J connectivity index is 0. The van der Waals surface area contributed by atoms with Gasteiger partial charge in [0, 0.05) is 0 Å². The van der Waals surface area contributed by atoms with Crippen LogP contribution in [0.25, 0.3) is 0 Å². The van der Waals surface area contributed by atoms with Gasteiger partial charge in [-0.3, -0.25) is 13.7 Å². The molecule has 0 aliphatic heterocycles. The standard InChI is InChI=1S/C3H6O.W/c1-3-4-2;/h3H,2H2,1H3;/q-2;+2. The van der Waals surface area contributed by atoms with Gasteiger partial charge in [-0.15, -0.1) is 0 Å². The van der Waals surface area contributed by atoms with Gasteiger partial charge in [0.25, 0.3) is 0 Å². The van der Waals surface area contributed by atoms with Crippen molar-refractivity contribution in [3.63, 3.8) is 0 Å². The van der Waals surface area contributed by atoms with Crippen molar-refractivity contribution >= 4 is 0 Å². The monoisotopic (exact) mass is 242 g/mol. The smallest absolute Gasteiger partial charge is 0.717 e. The summed E-state index contributed by atoms with van der Waals surface area (Å²) in [6.07, 6.45) is 0. The molecular formula is C3H6OW. The Morgan fingerprint density at radius 2 is 2.00 bits per heavy atom. The summed E-state index contributed by atoms with van der Waals surface area (Å²) < 4.78 is 4.17.